The number of carboxylic acid groups (broad SMARTS) is 1. The number of ether oxygens (including phenoxy) is 1. The van der Waals surface area contributed by atoms with Gasteiger partial charge in [0.2, 0.25) is 5.91 Å². The maximum absolute atomic E-state index is 12.5. The van der Waals surface area contributed by atoms with Crippen LogP contribution in [0.5, 0.6) is 5.75 Å². The summed E-state index contributed by atoms with van der Waals surface area (Å²) in [6, 6.07) is 4.39. The first kappa shape index (κ1) is 19.7. The number of halogens is 2. The Morgan fingerprint density at radius 3 is 2.40 bits per heavy atom. The van der Waals surface area contributed by atoms with E-state index in [9.17, 15) is 9.59 Å². The molecule has 1 aliphatic heterocycles. The molecule has 2 amide bonds. The van der Waals surface area contributed by atoms with Gasteiger partial charge < -0.3 is 20.1 Å². The average Bonchev–Trinajstić information content (AvgIpc) is 2.56. The van der Waals surface area contributed by atoms with Crippen LogP contribution >= 0.6 is 23.2 Å². The van der Waals surface area contributed by atoms with E-state index in [2.05, 4.69) is 5.32 Å². The second-order valence-corrected chi connectivity index (χ2v) is 7.20. The zero-order chi connectivity index (χ0) is 18.6. The highest BCUT2D eigenvalue weighted by Gasteiger charge is 2.31. The lowest BCUT2D eigenvalue weighted by Crippen LogP contribution is -2.53. The fourth-order valence-corrected chi connectivity index (χ4v) is 3.07. The molecule has 0 spiro atoms. The van der Waals surface area contributed by atoms with Gasteiger partial charge in [0.05, 0.1) is 10.0 Å². The smallest absolute Gasteiger partial charge is 0.405 e. The van der Waals surface area contributed by atoms with Crippen LogP contribution in [0.4, 0.5) is 4.79 Å². The summed E-state index contributed by atoms with van der Waals surface area (Å²) >= 11 is 11.9. The number of rotatable bonds is 5. The second kappa shape index (κ2) is 8.63. The van der Waals surface area contributed by atoms with E-state index in [0.29, 0.717) is 41.7 Å². The average molecular weight is 389 g/mol. The van der Waals surface area contributed by atoms with Gasteiger partial charge in [0.25, 0.3) is 0 Å². The Morgan fingerprint density at radius 1 is 1.24 bits per heavy atom. The molecule has 2 N–H and O–H groups in total. The van der Waals surface area contributed by atoms with Gasteiger partial charge in [-0.3, -0.25) is 4.79 Å². The van der Waals surface area contributed by atoms with Crippen molar-refractivity contribution in [3.63, 3.8) is 0 Å². The molecule has 8 heteroatoms. The minimum atomic E-state index is -1.19. The minimum absolute atomic E-state index is 0.0220. The molecule has 1 unspecified atom stereocenters. The van der Waals surface area contributed by atoms with Crippen molar-refractivity contribution in [2.75, 3.05) is 13.1 Å². The lowest BCUT2D eigenvalue weighted by molar-refractivity contribution is -0.136. The number of hydrogen-bond acceptors (Lipinski definition) is 3. The Morgan fingerprint density at radius 2 is 1.88 bits per heavy atom. The lowest BCUT2D eigenvalue weighted by Gasteiger charge is -2.35. The zero-order valence-electron chi connectivity index (χ0n) is 14.2. The Hall–Kier alpha value is -1.66. The Balaban J connectivity index is 1.90. The quantitative estimate of drug-likeness (QED) is 0.806. The van der Waals surface area contributed by atoms with Gasteiger partial charge in [-0.05, 0) is 18.1 Å². The molecule has 6 nitrogen and oxygen atoms in total. The normalized spacial score (nSPS) is 16.6. The predicted octanol–water partition coefficient (Wildman–Crippen LogP) is 3.66. The summed E-state index contributed by atoms with van der Waals surface area (Å²) < 4.78 is 5.90. The number of nitrogens with zero attached hydrogens (tertiary/aromatic N) is 1. The van der Waals surface area contributed by atoms with Crippen LogP contribution in [0, 0.1) is 5.92 Å². The largest absolute Gasteiger partial charge is 0.490 e. The van der Waals surface area contributed by atoms with Crippen molar-refractivity contribution < 1.29 is 19.4 Å². The van der Waals surface area contributed by atoms with Crippen LogP contribution < -0.4 is 10.1 Å². The van der Waals surface area contributed by atoms with Crippen LogP contribution in [-0.2, 0) is 4.79 Å². The fourth-order valence-electron chi connectivity index (χ4n) is 2.78. The van der Waals surface area contributed by atoms with E-state index in [-0.39, 0.29) is 17.9 Å². The molecule has 1 aliphatic rings. The van der Waals surface area contributed by atoms with Crippen LogP contribution in [0.25, 0.3) is 0 Å². The first-order chi connectivity index (χ1) is 11.8. The Labute approximate surface area is 157 Å². The fraction of sp³-hybridized carbons (Fsp3) is 0.529. The van der Waals surface area contributed by atoms with Crippen molar-refractivity contribution in [3.05, 3.63) is 28.2 Å². The molecular formula is C17H22Cl2N2O4. The van der Waals surface area contributed by atoms with Gasteiger partial charge in [-0.15, -0.1) is 0 Å². The van der Waals surface area contributed by atoms with E-state index < -0.39 is 12.1 Å². The third kappa shape index (κ3) is 5.41. The van der Waals surface area contributed by atoms with Crippen molar-refractivity contribution in [2.24, 2.45) is 5.92 Å². The summed E-state index contributed by atoms with van der Waals surface area (Å²) in [6.45, 7) is 4.68. The highest BCUT2D eigenvalue weighted by atomic mass is 35.5. The SMILES string of the molecule is CC(C)C(NC(=O)O)C(=O)N1CCC(Oc2ccc(Cl)c(Cl)c2)CC1. The van der Waals surface area contributed by atoms with Crippen LogP contribution in [0.3, 0.4) is 0 Å². The highest BCUT2D eigenvalue weighted by Crippen LogP contribution is 2.28. The molecule has 1 aromatic rings. The predicted molar refractivity (Wildman–Crippen MR) is 96.5 cm³/mol. The molecule has 1 saturated heterocycles. The topological polar surface area (TPSA) is 78.9 Å². The minimum Gasteiger partial charge on any atom is -0.490 e. The van der Waals surface area contributed by atoms with E-state index >= 15 is 0 Å². The third-order valence-electron chi connectivity index (χ3n) is 4.16. The van der Waals surface area contributed by atoms with Crippen molar-refractivity contribution in [3.8, 4) is 5.75 Å². The summed E-state index contributed by atoms with van der Waals surface area (Å²) in [5.41, 5.74) is 0. The van der Waals surface area contributed by atoms with Gasteiger partial charge >= 0.3 is 6.09 Å². The van der Waals surface area contributed by atoms with E-state index in [1.807, 2.05) is 13.8 Å². The van der Waals surface area contributed by atoms with E-state index in [1.165, 1.54) is 0 Å². The van der Waals surface area contributed by atoms with Crippen molar-refractivity contribution in [1.29, 1.82) is 0 Å². The molecule has 0 aliphatic carbocycles. The molecule has 138 valence electrons. The van der Waals surface area contributed by atoms with Gasteiger partial charge in [-0.1, -0.05) is 37.0 Å². The molecule has 0 radical (unpaired) electrons. The van der Waals surface area contributed by atoms with Crippen LogP contribution in [0.1, 0.15) is 26.7 Å². The molecule has 25 heavy (non-hydrogen) atoms. The number of carbonyl (C=O) groups excluding carboxylic acids is 1. The van der Waals surface area contributed by atoms with Crippen LogP contribution in [0.15, 0.2) is 18.2 Å². The number of piperidine rings is 1. The molecule has 0 bridgehead atoms. The van der Waals surface area contributed by atoms with Gasteiger partial charge in [-0.25, -0.2) is 4.79 Å². The molecule has 1 atom stereocenters. The van der Waals surface area contributed by atoms with Crippen molar-refractivity contribution in [1.82, 2.24) is 10.2 Å². The second-order valence-electron chi connectivity index (χ2n) is 6.39. The highest BCUT2D eigenvalue weighted by molar-refractivity contribution is 6.42. The maximum Gasteiger partial charge on any atom is 0.405 e. The molecule has 2 rings (SSSR count). The van der Waals surface area contributed by atoms with Crippen molar-refractivity contribution in [2.45, 2.75) is 38.8 Å². The van der Waals surface area contributed by atoms with Crippen LogP contribution in [0.2, 0.25) is 10.0 Å². The number of hydrogen-bond donors (Lipinski definition) is 2. The van der Waals surface area contributed by atoms with Gasteiger partial charge in [0.15, 0.2) is 0 Å². The summed E-state index contributed by atoms with van der Waals surface area (Å²) in [5, 5.41) is 12.1. The summed E-state index contributed by atoms with van der Waals surface area (Å²) in [4.78, 5) is 25.1. The van der Waals surface area contributed by atoms with Crippen LogP contribution in [-0.4, -0.2) is 47.2 Å². The molecular weight excluding hydrogens is 367 g/mol. The number of benzene rings is 1. The lowest BCUT2D eigenvalue weighted by atomic mass is 10.0. The molecule has 0 aromatic heterocycles. The zero-order valence-corrected chi connectivity index (χ0v) is 15.7. The van der Waals surface area contributed by atoms with Gasteiger partial charge in [0.1, 0.15) is 17.9 Å². The summed E-state index contributed by atoms with van der Waals surface area (Å²) in [6.07, 6.45) is 0.129. The monoisotopic (exact) mass is 388 g/mol. The molecule has 1 fully saturated rings. The first-order valence-corrected chi connectivity index (χ1v) is 8.93. The maximum atomic E-state index is 12.5. The summed E-state index contributed by atoms with van der Waals surface area (Å²) in [5.74, 6) is 0.339. The van der Waals surface area contributed by atoms with Gasteiger partial charge in [-0.2, -0.15) is 0 Å². The van der Waals surface area contributed by atoms with E-state index in [1.54, 1.807) is 23.1 Å². The summed E-state index contributed by atoms with van der Waals surface area (Å²) in [7, 11) is 0. The Kier molecular flexibility index (Phi) is 6.79. The molecule has 1 aromatic carbocycles. The van der Waals surface area contributed by atoms with Crippen molar-refractivity contribution >= 4 is 35.2 Å². The molecule has 1 heterocycles. The number of likely N-dealkylation sites (tertiary alicyclic amines) is 1. The van der Waals surface area contributed by atoms with E-state index in [4.69, 9.17) is 33.0 Å². The standard InChI is InChI=1S/C17H22Cl2N2O4/c1-10(2)15(20-17(23)24)16(22)21-7-5-11(6-8-21)25-12-3-4-13(18)14(19)9-12/h3-4,9-11,15,20H,5-8H2,1-2H3,(H,23,24). The Bertz CT molecular complexity index is 631. The van der Waals surface area contributed by atoms with E-state index in [0.717, 1.165) is 0 Å². The third-order valence-corrected chi connectivity index (χ3v) is 4.90. The number of amides is 2. The first-order valence-electron chi connectivity index (χ1n) is 8.18. The number of carbonyl (C=O) groups is 2. The van der Waals surface area contributed by atoms with Gasteiger partial charge in [0, 0.05) is 32.0 Å². The number of nitrogens with one attached hydrogen (secondary N) is 1. The molecule has 0 saturated carbocycles.